The van der Waals surface area contributed by atoms with Gasteiger partial charge in [-0.3, -0.25) is 4.98 Å². The summed E-state index contributed by atoms with van der Waals surface area (Å²) in [5.74, 6) is 1.87. The highest BCUT2D eigenvalue weighted by molar-refractivity contribution is 5.43. The van der Waals surface area contributed by atoms with E-state index in [2.05, 4.69) is 20.2 Å². The Kier molecular flexibility index (Phi) is 2.97. The van der Waals surface area contributed by atoms with Crippen molar-refractivity contribution in [2.24, 2.45) is 5.92 Å². The van der Waals surface area contributed by atoms with Crippen molar-refractivity contribution in [2.45, 2.75) is 32.2 Å². The number of piperidine rings is 2. The smallest absolute Gasteiger partial charge is 0.150 e. The van der Waals surface area contributed by atoms with Crippen LogP contribution >= 0.6 is 0 Å². The highest BCUT2D eigenvalue weighted by Crippen LogP contribution is 2.28. The molecule has 0 radical (unpaired) electrons. The van der Waals surface area contributed by atoms with Crippen molar-refractivity contribution in [3.05, 3.63) is 18.1 Å². The molecule has 1 aromatic heterocycles. The molecule has 4 heteroatoms. The Hall–Kier alpha value is -1.16. The minimum absolute atomic E-state index is 0.733. The molecular weight excluding hydrogens is 212 g/mol. The molecule has 2 fully saturated rings. The number of rotatable bonds is 1. The summed E-state index contributed by atoms with van der Waals surface area (Å²) >= 11 is 0. The van der Waals surface area contributed by atoms with Crippen LogP contribution in [0.2, 0.25) is 0 Å². The molecule has 0 aliphatic carbocycles. The number of hydrogen-bond acceptors (Lipinski definition) is 4. The third kappa shape index (κ3) is 2.14. The van der Waals surface area contributed by atoms with Crippen molar-refractivity contribution in [2.75, 3.05) is 24.5 Å². The second-order valence-corrected chi connectivity index (χ2v) is 5.16. The zero-order chi connectivity index (χ0) is 11.7. The fourth-order valence-electron chi connectivity index (χ4n) is 3.15. The van der Waals surface area contributed by atoms with Crippen LogP contribution in [0.3, 0.4) is 0 Å². The predicted molar refractivity (Wildman–Crippen MR) is 68.1 cm³/mol. The molecule has 0 spiro atoms. The standard InChI is InChI=1S/C13H20N4/c1-10-13(16-7-6-14-10)17-8-4-12-11(9-17)3-2-5-15-12/h6-7,11-12,15H,2-5,8-9H2,1H3. The van der Waals surface area contributed by atoms with E-state index in [0.29, 0.717) is 0 Å². The first kappa shape index (κ1) is 11.0. The van der Waals surface area contributed by atoms with E-state index in [1.54, 1.807) is 12.4 Å². The van der Waals surface area contributed by atoms with Gasteiger partial charge in [0, 0.05) is 31.5 Å². The predicted octanol–water partition coefficient (Wildman–Crippen LogP) is 1.36. The van der Waals surface area contributed by atoms with Gasteiger partial charge in [0.2, 0.25) is 0 Å². The Morgan fingerprint density at radius 3 is 3.06 bits per heavy atom. The molecule has 1 N–H and O–H groups in total. The Labute approximate surface area is 102 Å². The van der Waals surface area contributed by atoms with E-state index in [4.69, 9.17) is 0 Å². The van der Waals surface area contributed by atoms with Crippen molar-refractivity contribution < 1.29 is 0 Å². The lowest BCUT2D eigenvalue weighted by molar-refractivity contribution is 0.243. The molecular formula is C13H20N4. The van der Waals surface area contributed by atoms with Crippen LogP contribution in [0.15, 0.2) is 12.4 Å². The average Bonchev–Trinajstić information content (AvgIpc) is 2.39. The lowest BCUT2D eigenvalue weighted by atomic mass is 9.85. The number of aromatic nitrogens is 2. The second kappa shape index (κ2) is 4.61. The third-order valence-corrected chi connectivity index (χ3v) is 4.05. The zero-order valence-corrected chi connectivity index (χ0v) is 10.4. The van der Waals surface area contributed by atoms with Gasteiger partial charge in [-0.05, 0) is 38.6 Å². The monoisotopic (exact) mass is 232 g/mol. The quantitative estimate of drug-likeness (QED) is 0.794. The van der Waals surface area contributed by atoms with Crippen LogP contribution in [0.25, 0.3) is 0 Å². The SMILES string of the molecule is Cc1nccnc1N1CCC2NCCCC2C1. The van der Waals surface area contributed by atoms with Gasteiger partial charge in [-0.1, -0.05) is 0 Å². The second-order valence-electron chi connectivity index (χ2n) is 5.16. The molecule has 2 aliphatic rings. The molecule has 2 aliphatic heterocycles. The van der Waals surface area contributed by atoms with Crippen molar-refractivity contribution >= 4 is 5.82 Å². The molecule has 17 heavy (non-hydrogen) atoms. The zero-order valence-electron chi connectivity index (χ0n) is 10.4. The lowest BCUT2D eigenvalue weighted by Crippen LogP contribution is -2.52. The van der Waals surface area contributed by atoms with Crippen LogP contribution in [0.5, 0.6) is 0 Å². The maximum atomic E-state index is 4.48. The minimum atomic E-state index is 0.733. The number of nitrogens with zero attached hydrogens (tertiary/aromatic N) is 3. The summed E-state index contributed by atoms with van der Waals surface area (Å²) in [5, 5.41) is 3.64. The highest BCUT2D eigenvalue weighted by Gasteiger charge is 2.31. The molecule has 3 heterocycles. The Morgan fingerprint density at radius 2 is 2.18 bits per heavy atom. The molecule has 2 unspecified atom stereocenters. The maximum Gasteiger partial charge on any atom is 0.150 e. The van der Waals surface area contributed by atoms with E-state index in [1.165, 1.54) is 25.8 Å². The van der Waals surface area contributed by atoms with E-state index >= 15 is 0 Å². The molecule has 2 atom stereocenters. The van der Waals surface area contributed by atoms with E-state index < -0.39 is 0 Å². The summed E-state index contributed by atoms with van der Waals surface area (Å²) in [6, 6.07) is 0.733. The molecule has 4 nitrogen and oxygen atoms in total. The van der Waals surface area contributed by atoms with Crippen molar-refractivity contribution in [3.63, 3.8) is 0 Å². The van der Waals surface area contributed by atoms with Gasteiger partial charge in [-0.15, -0.1) is 0 Å². The van der Waals surface area contributed by atoms with E-state index in [1.807, 2.05) is 6.92 Å². The summed E-state index contributed by atoms with van der Waals surface area (Å²) in [6.45, 7) is 5.49. The molecule has 2 saturated heterocycles. The van der Waals surface area contributed by atoms with Gasteiger partial charge in [0.05, 0.1) is 5.69 Å². The number of hydrogen-bond donors (Lipinski definition) is 1. The summed E-state index contributed by atoms with van der Waals surface area (Å²) in [5.41, 5.74) is 1.05. The van der Waals surface area contributed by atoms with Crippen LogP contribution in [-0.2, 0) is 0 Å². The molecule has 92 valence electrons. The maximum absolute atomic E-state index is 4.48. The van der Waals surface area contributed by atoms with E-state index in [9.17, 15) is 0 Å². The summed E-state index contributed by atoms with van der Waals surface area (Å²) in [6.07, 6.45) is 7.48. The summed E-state index contributed by atoms with van der Waals surface area (Å²) in [4.78, 5) is 11.2. The van der Waals surface area contributed by atoms with E-state index in [0.717, 1.165) is 36.6 Å². The first-order chi connectivity index (χ1) is 8.34. The number of nitrogens with one attached hydrogen (secondary N) is 1. The van der Waals surface area contributed by atoms with Crippen LogP contribution in [0.1, 0.15) is 25.0 Å². The van der Waals surface area contributed by atoms with Gasteiger partial charge in [-0.25, -0.2) is 4.98 Å². The largest absolute Gasteiger partial charge is 0.355 e. The molecule has 1 aromatic rings. The van der Waals surface area contributed by atoms with Gasteiger partial charge in [-0.2, -0.15) is 0 Å². The van der Waals surface area contributed by atoms with Gasteiger partial charge >= 0.3 is 0 Å². The average molecular weight is 232 g/mol. The van der Waals surface area contributed by atoms with E-state index in [-0.39, 0.29) is 0 Å². The molecule has 0 saturated carbocycles. The van der Waals surface area contributed by atoms with Gasteiger partial charge < -0.3 is 10.2 Å². The Bertz CT molecular complexity index is 393. The minimum Gasteiger partial charge on any atom is -0.355 e. The van der Waals surface area contributed by atoms with Crippen molar-refractivity contribution in [1.82, 2.24) is 15.3 Å². The van der Waals surface area contributed by atoms with Crippen LogP contribution in [-0.4, -0.2) is 35.6 Å². The molecule has 0 amide bonds. The lowest BCUT2D eigenvalue weighted by Gasteiger charge is -2.42. The van der Waals surface area contributed by atoms with Gasteiger partial charge in [0.15, 0.2) is 0 Å². The Morgan fingerprint density at radius 1 is 1.29 bits per heavy atom. The van der Waals surface area contributed by atoms with Crippen molar-refractivity contribution in [3.8, 4) is 0 Å². The fraction of sp³-hybridized carbons (Fsp3) is 0.692. The first-order valence-corrected chi connectivity index (χ1v) is 6.60. The highest BCUT2D eigenvalue weighted by atomic mass is 15.2. The Balaban J connectivity index is 1.76. The molecule has 0 aromatic carbocycles. The first-order valence-electron chi connectivity index (χ1n) is 6.60. The third-order valence-electron chi connectivity index (χ3n) is 4.05. The summed E-state index contributed by atoms with van der Waals surface area (Å²) < 4.78 is 0. The number of anilines is 1. The van der Waals surface area contributed by atoms with Crippen LogP contribution < -0.4 is 10.2 Å². The number of aryl methyl sites for hydroxylation is 1. The molecule has 0 bridgehead atoms. The molecule has 3 rings (SSSR count). The topological polar surface area (TPSA) is 41.1 Å². The van der Waals surface area contributed by atoms with Crippen LogP contribution in [0, 0.1) is 12.8 Å². The van der Waals surface area contributed by atoms with Gasteiger partial charge in [0.25, 0.3) is 0 Å². The fourth-order valence-corrected chi connectivity index (χ4v) is 3.15. The van der Waals surface area contributed by atoms with Gasteiger partial charge in [0.1, 0.15) is 5.82 Å². The van der Waals surface area contributed by atoms with Crippen molar-refractivity contribution in [1.29, 1.82) is 0 Å². The normalized spacial score (nSPS) is 28.9. The summed E-state index contributed by atoms with van der Waals surface area (Å²) in [7, 11) is 0. The number of fused-ring (bicyclic) bond motifs is 1. The van der Waals surface area contributed by atoms with Crippen LogP contribution in [0.4, 0.5) is 5.82 Å².